The van der Waals surface area contributed by atoms with Crippen LogP contribution >= 0.6 is 0 Å². The Morgan fingerprint density at radius 1 is 1.08 bits per heavy atom. The molecule has 6 rings (SSSR count). The van der Waals surface area contributed by atoms with Crippen LogP contribution in [0.4, 0.5) is 17.1 Å². The molecule has 4 bridgehead atoms. The van der Waals surface area contributed by atoms with Crippen molar-refractivity contribution in [2.45, 2.75) is 43.9 Å². The van der Waals surface area contributed by atoms with E-state index in [0.29, 0.717) is 5.69 Å². The SMILES string of the molecule is COc1ccc([N+](=O)[O-])cc1NC(=O)CN(c1ccc(C23CC4CC(CC(C4)C2)C3)cc1)S(C)(=O)=O. The molecule has 0 aliphatic heterocycles. The highest BCUT2D eigenvalue weighted by molar-refractivity contribution is 7.92. The van der Waals surface area contributed by atoms with Crippen molar-refractivity contribution in [3.05, 3.63) is 58.1 Å². The molecule has 4 saturated carbocycles. The Balaban J connectivity index is 1.35. The lowest BCUT2D eigenvalue weighted by molar-refractivity contribution is -0.384. The first-order valence-electron chi connectivity index (χ1n) is 12.3. The highest BCUT2D eigenvalue weighted by Gasteiger charge is 2.51. The maximum Gasteiger partial charge on any atom is 0.271 e. The summed E-state index contributed by atoms with van der Waals surface area (Å²) in [4.78, 5) is 23.4. The van der Waals surface area contributed by atoms with Crippen LogP contribution in [0, 0.1) is 27.9 Å². The number of methoxy groups -OCH3 is 1. The van der Waals surface area contributed by atoms with Crippen LogP contribution in [0.1, 0.15) is 44.1 Å². The van der Waals surface area contributed by atoms with Crippen molar-refractivity contribution in [2.24, 2.45) is 17.8 Å². The minimum Gasteiger partial charge on any atom is -0.495 e. The summed E-state index contributed by atoms with van der Waals surface area (Å²) in [5, 5.41) is 13.7. The molecule has 4 aliphatic rings. The van der Waals surface area contributed by atoms with Crippen molar-refractivity contribution in [1.82, 2.24) is 0 Å². The van der Waals surface area contributed by atoms with E-state index in [1.54, 1.807) is 12.1 Å². The van der Waals surface area contributed by atoms with E-state index in [4.69, 9.17) is 4.74 Å². The smallest absolute Gasteiger partial charge is 0.271 e. The predicted molar refractivity (Wildman–Crippen MR) is 137 cm³/mol. The van der Waals surface area contributed by atoms with Crippen molar-refractivity contribution >= 4 is 33.0 Å². The van der Waals surface area contributed by atoms with Gasteiger partial charge in [0.1, 0.15) is 12.3 Å². The van der Waals surface area contributed by atoms with Gasteiger partial charge < -0.3 is 10.1 Å². The Morgan fingerprint density at radius 2 is 1.67 bits per heavy atom. The lowest BCUT2D eigenvalue weighted by Gasteiger charge is -2.57. The molecule has 4 fully saturated rings. The summed E-state index contributed by atoms with van der Waals surface area (Å²) in [6.45, 7) is -0.471. The zero-order valence-electron chi connectivity index (χ0n) is 20.5. The standard InChI is InChI=1S/C26H31N3O6S/c1-35-24-8-7-22(29(31)32)12-23(24)27-25(30)16-28(36(2,33)34)21-5-3-20(4-6-21)26-13-17-9-18(14-26)11-19(10-17)15-26/h3-8,12,17-19H,9-11,13-16H2,1-2H3,(H,27,30). The number of nitrogens with zero attached hydrogens (tertiary/aromatic N) is 2. The van der Waals surface area contributed by atoms with Gasteiger partial charge in [0.15, 0.2) is 0 Å². The van der Waals surface area contributed by atoms with Gasteiger partial charge in [0.05, 0.1) is 29.7 Å². The van der Waals surface area contributed by atoms with Gasteiger partial charge in [0.2, 0.25) is 15.9 Å². The maximum atomic E-state index is 12.8. The van der Waals surface area contributed by atoms with E-state index in [1.165, 1.54) is 69.4 Å². The molecule has 0 heterocycles. The van der Waals surface area contributed by atoms with E-state index >= 15 is 0 Å². The largest absolute Gasteiger partial charge is 0.495 e. The number of hydrogen-bond donors (Lipinski definition) is 1. The van der Waals surface area contributed by atoms with E-state index in [1.807, 2.05) is 12.1 Å². The van der Waals surface area contributed by atoms with Gasteiger partial charge >= 0.3 is 0 Å². The van der Waals surface area contributed by atoms with Gasteiger partial charge in [0, 0.05) is 12.1 Å². The topological polar surface area (TPSA) is 119 Å². The summed E-state index contributed by atoms with van der Waals surface area (Å²) >= 11 is 0. The molecule has 0 radical (unpaired) electrons. The second kappa shape index (κ2) is 9.06. The van der Waals surface area contributed by atoms with Crippen LogP contribution in [0.3, 0.4) is 0 Å². The number of carbonyl (C=O) groups is 1. The lowest BCUT2D eigenvalue weighted by atomic mass is 9.48. The van der Waals surface area contributed by atoms with E-state index in [-0.39, 0.29) is 22.5 Å². The summed E-state index contributed by atoms with van der Waals surface area (Å²) in [6, 6.07) is 11.5. The normalized spacial score (nSPS) is 26.4. The van der Waals surface area contributed by atoms with Gasteiger partial charge in [-0.1, -0.05) is 12.1 Å². The van der Waals surface area contributed by atoms with Crippen LogP contribution in [-0.2, 0) is 20.2 Å². The summed E-state index contributed by atoms with van der Waals surface area (Å²) in [5.41, 5.74) is 1.75. The molecule has 0 aromatic heterocycles. The molecule has 192 valence electrons. The van der Waals surface area contributed by atoms with Gasteiger partial charge in [-0.15, -0.1) is 0 Å². The van der Waals surface area contributed by atoms with E-state index < -0.39 is 27.4 Å². The van der Waals surface area contributed by atoms with Gasteiger partial charge in [-0.25, -0.2) is 8.42 Å². The number of nitro benzene ring substituents is 1. The Labute approximate surface area is 211 Å². The summed E-state index contributed by atoms with van der Waals surface area (Å²) in [7, 11) is -2.39. The number of nitro groups is 1. The quantitative estimate of drug-likeness (QED) is 0.411. The van der Waals surface area contributed by atoms with Crippen LogP contribution in [0.5, 0.6) is 5.75 Å². The molecule has 2 aromatic carbocycles. The van der Waals surface area contributed by atoms with Gasteiger partial charge in [0.25, 0.3) is 5.69 Å². The lowest BCUT2D eigenvalue weighted by Crippen LogP contribution is -2.48. The molecule has 0 atom stereocenters. The van der Waals surface area contributed by atoms with Crippen molar-refractivity contribution in [1.29, 1.82) is 0 Å². The fraction of sp³-hybridized carbons (Fsp3) is 0.500. The molecule has 36 heavy (non-hydrogen) atoms. The van der Waals surface area contributed by atoms with Crippen LogP contribution in [0.25, 0.3) is 0 Å². The molecule has 0 spiro atoms. The molecule has 4 aliphatic carbocycles. The number of amides is 1. The number of rotatable bonds is 8. The van der Waals surface area contributed by atoms with Crippen molar-refractivity contribution in [3.8, 4) is 5.75 Å². The fourth-order valence-corrected chi connectivity index (χ4v) is 7.93. The fourth-order valence-electron chi connectivity index (χ4n) is 7.07. The number of benzene rings is 2. The number of sulfonamides is 1. The van der Waals surface area contributed by atoms with Crippen LogP contribution in [-0.4, -0.2) is 39.2 Å². The molecule has 9 nitrogen and oxygen atoms in total. The van der Waals surface area contributed by atoms with Crippen LogP contribution in [0.2, 0.25) is 0 Å². The third-order valence-electron chi connectivity index (χ3n) is 8.16. The zero-order valence-corrected chi connectivity index (χ0v) is 21.3. The van der Waals surface area contributed by atoms with Crippen molar-refractivity contribution < 1.29 is 22.9 Å². The van der Waals surface area contributed by atoms with E-state index in [2.05, 4.69) is 5.32 Å². The summed E-state index contributed by atoms with van der Waals surface area (Å²) < 4.78 is 31.5. The van der Waals surface area contributed by atoms with Crippen molar-refractivity contribution in [3.63, 3.8) is 0 Å². The minimum absolute atomic E-state index is 0.0994. The Morgan fingerprint density at radius 3 is 2.17 bits per heavy atom. The Bertz CT molecular complexity index is 1260. The first-order valence-corrected chi connectivity index (χ1v) is 14.1. The third-order valence-corrected chi connectivity index (χ3v) is 9.30. The molecular weight excluding hydrogens is 482 g/mol. The molecule has 0 saturated heterocycles. The Kier molecular flexibility index (Phi) is 6.18. The second-order valence-corrected chi connectivity index (χ2v) is 12.6. The number of nitrogens with one attached hydrogen (secondary N) is 1. The van der Waals surface area contributed by atoms with Crippen LogP contribution < -0.4 is 14.4 Å². The van der Waals surface area contributed by atoms with Crippen LogP contribution in [0.15, 0.2) is 42.5 Å². The average molecular weight is 514 g/mol. The van der Waals surface area contributed by atoms with Gasteiger partial charge in [-0.2, -0.15) is 0 Å². The second-order valence-electron chi connectivity index (χ2n) is 10.7. The van der Waals surface area contributed by atoms with Gasteiger partial charge in [-0.3, -0.25) is 19.2 Å². The predicted octanol–water partition coefficient (Wildman–Crippen LogP) is 4.48. The van der Waals surface area contributed by atoms with Crippen molar-refractivity contribution in [2.75, 3.05) is 29.5 Å². The number of carbonyl (C=O) groups excluding carboxylic acids is 1. The maximum absolute atomic E-state index is 12.8. The first kappa shape index (κ1) is 24.5. The molecular formula is C26H31N3O6S. The summed E-state index contributed by atoms with van der Waals surface area (Å²) in [6.07, 6.45) is 8.74. The molecule has 2 aromatic rings. The third kappa shape index (κ3) is 4.66. The highest BCUT2D eigenvalue weighted by Crippen LogP contribution is 2.60. The monoisotopic (exact) mass is 513 g/mol. The first-order chi connectivity index (χ1) is 17.1. The molecule has 1 N–H and O–H groups in total. The molecule has 0 unspecified atom stereocenters. The molecule has 1 amide bonds. The number of anilines is 2. The van der Waals surface area contributed by atoms with E-state index in [9.17, 15) is 23.3 Å². The number of ether oxygens (including phenoxy) is 1. The zero-order chi connectivity index (χ0) is 25.7. The Hall–Kier alpha value is -3.14. The number of non-ortho nitro benzene ring substituents is 1. The minimum atomic E-state index is -3.77. The van der Waals surface area contributed by atoms with E-state index in [0.717, 1.165) is 28.3 Å². The molecule has 10 heteroatoms. The average Bonchev–Trinajstić information content (AvgIpc) is 2.81. The highest BCUT2D eigenvalue weighted by atomic mass is 32.2. The number of hydrogen-bond acceptors (Lipinski definition) is 6. The summed E-state index contributed by atoms with van der Waals surface area (Å²) in [5.74, 6) is 2.01. The van der Waals surface area contributed by atoms with Gasteiger partial charge in [-0.05, 0) is 85.5 Å².